The van der Waals surface area contributed by atoms with Crippen LogP contribution in [0.1, 0.15) is 46.5 Å². The average Bonchev–Trinajstić information content (AvgIpc) is 2.46. The van der Waals surface area contributed by atoms with Gasteiger partial charge in [-0.3, -0.25) is 9.59 Å². The summed E-state index contributed by atoms with van der Waals surface area (Å²) in [5, 5.41) is 20.2. The van der Waals surface area contributed by atoms with Gasteiger partial charge in [0.25, 0.3) is 5.91 Å². The van der Waals surface area contributed by atoms with E-state index >= 15 is 0 Å². The Morgan fingerprint density at radius 3 is 2.19 bits per heavy atom. The van der Waals surface area contributed by atoms with Crippen molar-refractivity contribution in [2.45, 2.75) is 52.5 Å². The van der Waals surface area contributed by atoms with E-state index in [4.69, 9.17) is 10.4 Å². The maximum Gasteiger partial charge on any atom is 0.325 e. The van der Waals surface area contributed by atoms with Crippen LogP contribution in [0.3, 0.4) is 0 Å². The van der Waals surface area contributed by atoms with Crippen LogP contribution in [0.4, 0.5) is 0 Å². The van der Waals surface area contributed by atoms with Crippen LogP contribution >= 0.6 is 0 Å². The Balaban J connectivity index is 4.86. The molecule has 0 aromatic heterocycles. The standard InChI is InChI=1S/C15H25N3O3/c1-4-6-8-18(9-7-5-2)11-13(10-16)14(19)17-12(3)15(20)21/h11-12H,4-9H2,1-3H3,(H,17,19)(H,20,21)/b13-11-. The minimum Gasteiger partial charge on any atom is -0.480 e. The molecule has 0 heterocycles. The molecule has 0 aliphatic heterocycles. The molecule has 0 saturated heterocycles. The maximum absolute atomic E-state index is 11.9. The van der Waals surface area contributed by atoms with Gasteiger partial charge in [-0.15, -0.1) is 0 Å². The van der Waals surface area contributed by atoms with E-state index in [1.165, 1.54) is 13.1 Å². The number of carbonyl (C=O) groups is 2. The number of amides is 1. The van der Waals surface area contributed by atoms with Crippen molar-refractivity contribution >= 4 is 11.9 Å². The Labute approximate surface area is 126 Å². The van der Waals surface area contributed by atoms with Crippen molar-refractivity contribution < 1.29 is 14.7 Å². The molecule has 0 saturated carbocycles. The van der Waals surface area contributed by atoms with Gasteiger partial charge < -0.3 is 15.3 Å². The van der Waals surface area contributed by atoms with Gasteiger partial charge >= 0.3 is 5.97 Å². The summed E-state index contributed by atoms with van der Waals surface area (Å²) in [6, 6.07) is 0.824. The molecule has 0 aliphatic rings. The van der Waals surface area contributed by atoms with Crippen LogP contribution in [0.2, 0.25) is 0 Å². The summed E-state index contributed by atoms with van der Waals surface area (Å²) < 4.78 is 0. The smallest absolute Gasteiger partial charge is 0.325 e. The summed E-state index contributed by atoms with van der Waals surface area (Å²) in [4.78, 5) is 24.6. The molecule has 0 spiro atoms. The molecule has 2 N–H and O–H groups in total. The lowest BCUT2D eigenvalue weighted by Crippen LogP contribution is -2.39. The van der Waals surface area contributed by atoms with E-state index in [9.17, 15) is 9.59 Å². The molecular weight excluding hydrogens is 270 g/mol. The Kier molecular flexibility index (Phi) is 9.69. The van der Waals surface area contributed by atoms with E-state index in [0.717, 1.165) is 38.8 Å². The third-order valence-corrected chi connectivity index (χ3v) is 2.99. The van der Waals surface area contributed by atoms with Gasteiger partial charge in [0.1, 0.15) is 17.7 Å². The number of carboxylic acid groups (broad SMARTS) is 1. The highest BCUT2D eigenvalue weighted by Gasteiger charge is 2.17. The minimum absolute atomic E-state index is 0.0599. The first-order chi connectivity index (χ1) is 9.96. The topological polar surface area (TPSA) is 93.4 Å². The molecule has 0 bridgehead atoms. The van der Waals surface area contributed by atoms with E-state index in [0.29, 0.717) is 0 Å². The van der Waals surface area contributed by atoms with Crippen molar-refractivity contribution in [1.82, 2.24) is 10.2 Å². The number of nitrogens with zero attached hydrogens (tertiary/aromatic N) is 2. The fourth-order valence-corrected chi connectivity index (χ4v) is 1.62. The quantitative estimate of drug-likeness (QED) is 0.474. The maximum atomic E-state index is 11.9. The second-order valence-electron chi connectivity index (χ2n) is 4.93. The Morgan fingerprint density at radius 2 is 1.81 bits per heavy atom. The van der Waals surface area contributed by atoms with E-state index in [1.807, 2.05) is 11.0 Å². The van der Waals surface area contributed by atoms with Crippen molar-refractivity contribution in [1.29, 1.82) is 5.26 Å². The minimum atomic E-state index is -1.13. The Morgan fingerprint density at radius 1 is 1.29 bits per heavy atom. The zero-order valence-corrected chi connectivity index (χ0v) is 13.1. The summed E-state index contributed by atoms with van der Waals surface area (Å²) >= 11 is 0. The van der Waals surface area contributed by atoms with Crippen LogP contribution in [0.15, 0.2) is 11.8 Å². The number of aliphatic carboxylic acids is 1. The van der Waals surface area contributed by atoms with E-state index in [1.54, 1.807) is 0 Å². The number of hydrogen-bond donors (Lipinski definition) is 2. The number of rotatable bonds is 10. The zero-order valence-electron chi connectivity index (χ0n) is 13.1. The van der Waals surface area contributed by atoms with Crippen molar-refractivity contribution in [3.05, 3.63) is 11.8 Å². The first kappa shape index (κ1) is 19.0. The highest BCUT2D eigenvalue weighted by Crippen LogP contribution is 2.04. The largest absolute Gasteiger partial charge is 0.480 e. The fraction of sp³-hybridized carbons (Fsp3) is 0.667. The van der Waals surface area contributed by atoms with E-state index in [2.05, 4.69) is 19.2 Å². The molecular formula is C15H25N3O3. The number of carbonyl (C=O) groups excluding carboxylic acids is 1. The van der Waals surface area contributed by atoms with Crippen LogP contribution in [0.25, 0.3) is 0 Å². The number of carboxylic acids is 1. The van der Waals surface area contributed by atoms with Crippen LogP contribution in [-0.2, 0) is 9.59 Å². The van der Waals surface area contributed by atoms with Crippen LogP contribution in [0, 0.1) is 11.3 Å². The predicted octanol–water partition coefficient (Wildman–Crippen LogP) is 1.89. The van der Waals surface area contributed by atoms with Gasteiger partial charge in [0.05, 0.1) is 0 Å². The van der Waals surface area contributed by atoms with Gasteiger partial charge in [0.15, 0.2) is 0 Å². The average molecular weight is 295 g/mol. The molecule has 0 aromatic carbocycles. The molecule has 6 heteroatoms. The Hall–Kier alpha value is -2.03. The lowest BCUT2D eigenvalue weighted by atomic mass is 10.2. The van der Waals surface area contributed by atoms with Gasteiger partial charge in [-0.1, -0.05) is 26.7 Å². The number of nitrogens with one attached hydrogen (secondary N) is 1. The molecule has 0 radical (unpaired) electrons. The SMILES string of the molecule is CCCCN(/C=C(/C#N)C(=O)NC(C)C(=O)O)CCCC. The lowest BCUT2D eigenvalue weighted by Gasteiger charge is -2.20. The lowest BCUT2D eigenvalue weighted by molar-refractivity contribution is -0.140. The Bertz CT molecular complexity index is 405. The molecule has 1 atom stereocenters. The molecule has 1 unspecified atom stereocenters. The van der Waals surface area contributed by atoms with Crippen LogP contribution < -0.4 is 5.32 Å². The molecule has 21 heavy (non-hydrogen) atoms. The third kappa shape index (κ3) is 7.98. The summed E-state index contributed by atoms with van der Waals surface area (Å²) in [7, 11) is 0. The number of unbranched alkanes of at least 4 members (excludes halogenated alkanes) is 2. The van der Waals surface area contributed by atoms with Gasteiger partial charge in [0, 0.05) is 19.3 Å². The summed E-state index contributed by atoms with van der Waals surface area (Å²) in [5.41, 5.74) is -0.0599. The molecule has 0 aliphatic carbocycles. The van der Waals surface area contributed by atoms with Crippen LogP contribution in [0.5, 0.6) is 0 Å². The molecule has 0 aromatic rings. The molecule has 0 rings (SSSR count). The normalized spacial score (nSPS) is 12.4. The highest BCUT2D eigenvalue weighted by atomic mass is 16.4. The first-order valence-electron chi connectivity index (χ1n) is 7.35. The summed E-state index contributed by atoms with van der Waals surface area (Å²) in [6.07, 6.45) is 5.55. The molecule has 118 valence electrons. The molecule has 6 nitrogen and oxygen atoms in total. The monoisotopic (exact) mass is 295 g/mol. The first-order valence-corrected chi connectivity index (χ1v) is 7.35. The third-order valence-electron chi connectivity index (χ3n) is 2.99. The van der Waals surface area contributed by atoms with Gasteiger partial charge in [-0.05, 0) is 19.8 Å². The van der Waals surface area contributed by atoms with E-state index < -0.39 is 17.9 Å². The highest BCUT2D eigenvalue weighted by molar-refractivity contribution is 5.99. The van der Waals surface area contributed by atoms with E-state index in [-0.39, 0.29) is 5.57 Å². The molecule has 1 amide bonds. The number of nitriles is 1. The predicted molar refractivity (Wildman–Crippen MR) is 80.3 cm³/mol. The van der Waals surface area contributed by atoms with Crippen molar-refractivity contribution in [3.8, 4) is 6.07 Å². The second kappa shape index (κ2) is 10.7. The second-order valence-corrected chi connectivity index (χ2v) is 4.93. The van der Waals surface area contributed by atoms with Gasteiger partial charge in [-0.2, -0.15) is 5.26 Å². The van der Waals surface area contributed by atoms with Crippen molar-refractivity contribution in [2.75, 3.05) is 13.1 Å². The summed E-state index contributed by atoms with van der Waals surface area (Å²) in [5.74, 6) is -1.78. The molecule has 0 fully saturated rings. The van der Waals surface area contributed by atoms with Gasteiger partial charge in [0.2, 0.25) is 0 Å². The fourth-order valence-electron chi connectivity index (χ4n) is 1.62. The number of hydrogen-bond acceptors (Lipinski definition) is 4. The zero-order chi connectivity index (χ0) is 16.3. The van der Waals surface area contributed by atoms with Crippen LogP contribution in [-0.4, -0.2) is 41.0 Å². The summed E-state index contributed by atoms with van der Waals surface area (Å²) in [6.45, 7) is 7.08. The van der Waals surface area contributed by atoms with Crippen molar-refractivity contribution in [2.24, 2.45) is 0 Å². The van der Waals surface area contributed by atoms with Gasteiger partial charge in [-0.25, -0.2) is 0 Å². The van der Waals surface area contributed by atoms with Crippen molar-refractivity contribution in [3.63, 3.8) is 0 Å².